The van der Waals surface area contributed by atoms with Gasteiger partial charge in [0.25, 0.3) is 5.56 Å². The molecule has 0 saturated carbocycles. The highest BCUT2D eigenvalue weighted by Crippen LogP contribution is 2.29. The first-order valence-electron chi connectivity index (χ1n) is 6.93. The highest BCUT2D eigenvalue weighted by atomic mass is 35.5. The Hall–Kier alpha value is -1.50. The summed E-state index contributed by atoms with van der Waals surface area (Å²) in [5.74, 6) is 0.111. The minimum atomic E-state index is -0.0747. The van der Waals surface area contributed by atoms with Crippen LogP contribution in [0.2, 0.25) is 5.02 Å². The number of fused-ring (bicyclic) bond motifs is 1. The van der Waals surface area contributed by atoms with Crippen LogP contribution in [0, 0.1) is 0 Å². The van der Waals surface area contributed by atoms with Gasteiger partial charge in [-0.2, -0.15) is 0 Å². The number of rotatable bonds is 3. The van der Waals surface area contributed by atoms with Crippen molar-refractivity contribution in [2.75, 3.05) is 12.8 Å². The van der Waals surface area contributed by atoms with E-state index in [9.17, 15) is 9.90 Å². The summed E-state index contributed by atoms with van der Waals surface area (Å²) in [6, 6.07) is 5.31. The Labute approximate surface area is 137 Å². The second-order valence-corrected chi connectivity index (χ2v) is 6.41. The van der Waals surface area contributed by atoms with Gasteiger partial charge in [0.1, 0.15) is 5.75 Å². The van der Waals surface area contributed by atoms with Crippen LogP contribution in [0.5, 0.6) is 5.75 Å². The molecule has 0 aliphatic carbocycles. The SMILES string of the molecule is CSc1nc2c(c(=O)[nH]1)CN(Cc1cccc(Cl)c1O)CC2. The molecule has 0 radical (unpaired) electrons. The van der Waals surface area contributed by atoms with Gasteiger partial charge in [-0.3, -0.25) is 9.69 Å². The largest absolute Gasteiger partial charge is 0.506 e. The maximum Gasteiger partial charge on any atom is 0.256 e. The standard InChI is InChI=1S/C15H16ClN3O2S/c1-22-15-17-12-5-6-19(8-10(12)14(21)18-15)7-9-3-2-4-11(16)13(9)20/h2-4,20H,5-8H2,1H3,(H,17,18,21). The minimum absolute atomic E-state index is 0.0747. The van der Waals surface area contributed by atoms with E-state index in [1.807, 2.05) is 18.4 Å². The number of phenols is 1. The van der Waals surface area contributed by atoms with E-state index in [1.54, 1.807) is 6.07 Å². The lowest BCUT2D eigenvalue weighted by Crippen LogP contribution is -2.35. The Morgan fingerprint density at radius 3 is 3.09 bits per heavy atom. The summed E-state index contributed by atoms with van der Waals surface area (Å²) in [7, 11) is 0. The molecule has 2 N–H and O–H groups in total. The highest BCUT2D eigenvalue weighted by Gasteiger charge is 2.22. The summed E-state index contributed by atoms with van der Waals surface area (Å²) in [6.45, 7) is 1.87. The van der Waals surface area contributed by atoms with Gasteiger partial charge in [-0.1, -0.05) is 35.5 Å². The van der Waals surface area contributed by atoms with Crippen LogP contribution < -0.4 is 5.56 Å². The molecule has 1 aliphatic heterocycles. The topological polar surface area (TPSA) is 69.2 Å². The number of halogens is 1. The van der Waals surface area contributed by atoms with Crippen molar-refractivity contribution >= 4 is 23.4 Å². The molecule has 7 heteroatoms. The first-order valence-corrected chi connectivity index (χ1v) is 8.53. The average Bonchev–Trinajstić information content (AvgIpc) is 2.52. The number of aromatic amines is 1. The third-order valence-electron chi connectivity index (χ3n) is 3.78. The van der Waals surface area contributed by atoms with Crippen LogP contribution in [0.1, 0.15) is 16.8 Å². The minimum Gasteiger partial charge on any atom is -0.506 e. The first-order chi connectivity index (χ1) is 10.6. The fraction of sp³-hybridized carbons (Fsp3) is 0.333. The van der Waals surface area contributed by atoms with Crippen LogP contribution in [0.4, 0.5) is 0 Å². The molecule has 2 aromatic rings. The molecule has 1 aliphatic rings. The van der Waals surface area contributed by atoms with Gasteiger partial charge in [-0.05, 0) is 12.3 Å². The zero-order valence-electron chi connectivity index (χ0n) is 12.1. The fourth-order valence-electron chi connectivity index (χ4n) is 2.62. The van der Waals surface area contributed by atoms with E-state index in [1.165, 1.54) is 11.8 Å². The van der Waals surface area contributed by atoms with E-state index in [-0.39, 0.29) is 11.3 Å². The van der Waals surface area contributed by atoms with Crippen LogP contribution in [0.25, 0.3) is 0 Å². The van der Waals surface area contributed by atoms with Gasteiger partial charge in [0, 0.05) is 31.6 Å². The molecule has 5 nitrogen and oxygen atoms in total. The van der Waals surface area contributed by atoms with Gasteiger partial charge in [0.15, 0.2) is 5.16 Å². The summed E-state index contributed by atoms with van der Waals surface area (Å²) >= 11 is 7.37. The smallest absolute Gasteiger partial charge is 0.256 e. The molecule has 0 unspecified atom stereocenters. The van der Waals surface area contributed by atoms with Crippen molar-refractivity contribution in [1.29, 1.82) is 0 Å². The number of benzene rings is 1. The number of hydrogen-bond donors (Lipinski definition) is 2. The summed E-state index contributed by atoms with van der Waals surface area (Å²) < 4.78 is 0. The molecule has 1 aromatic heterocycles. The molecule has 22 heavy (non-hydrogen) atoms. The number of hydrogen-bond acceptors (Lipinski definition) is 5. The maximum absolute atomic E-state index is 12.2. The fourth-order valence-corrected chi connectivity index (χ4v) is 3.21. The Morgan fingerprint density at radius 1 is 1.50 bits per heavy atom. The van der Waals surface area contributed by atoms with Gasteiger partial charge >= 0.3 is 0 Å². The number of aromatic nitrogens is 2. The molecule has 2 heterocycles. The van der Waals surface area contributed by atoms with Crippen LogP contribution in [0.15, 0.2) is 28.2 Å². The van der Waals surface area contributed by atoms with Crippen molar-refractivity contribution in [3.63, 3.8) is 0 Å². The van der Waals surface area contributed by atoms with Gasteiger partial charge in [0.2, 0.25) is 0 Å². The second-order valence-electron chi connectivity index (χ2n) is 5.21. The van der Waals surface area contributed by atoms with Gasteiger partial charge in [-0.15, -0.1) is 0 Å². The Morgan fingerprint density at radius 2 is 2.32 bits per heavy atom. The van der Waals surface area contributed by atoms with E-state index in [2.05, 4.69) is 14.9 Å². The molecular formula is C15H16ClN3O2S. The molecule has 0 atom stereocenters. The van der Waals surface area contributed by atoms with Crippen molar-refractivity contribution in [2.24, 2.45) is 0 Å². The molecule has 1 aromatic carbocycles. The number of aromatic hydroxyl groups is 1. The summed E-state index contributed by atoms with van der Waals surface area (Å²) in [5.41, 5.74) is 2.28. The second kappa shape index (κ2) is 6.32. The zero-order chi connectivity index (χ0) is 15.7. The Bertz CT molecular complexity index is 763. The number of para-hydroxylation sites is 1. The number of nitrogens with one attached hydrogen (secondary N) is 1. The zero-order valence-corrected chi connectivity index (χ0v) is 13.7. The van der Waals surface area contributed by atoms with Gasteiger partial charge in [-0.25, -0.2) is 4.98 Å². The quantitative estimate of drug-likeness (QED) is 0.665. The van der Waals surface area contributed by atoms with Gasteiger partial charge < -0.3 is 10.1 Å². The van der Waals surface area contributed by atoms with Crippen molar-refractivity contribution in [1.82, 2.24) is 14.9 Å². The van der Waals surface area contributed by atoms with Crippen molar-refractivity contribution in [3.05, 3.63) is 50.4 Å². The first kappa shape index (κ1) is 15.4. The van der Waals surface area contributed by atoms with E-state index < -0.39 is 0 Å². The Balaban J connectivity index is 1.83. The lowest BCUT2D eigenvalue weighted by molar-refractivity contribution is 0.238. The van der Waals surface area contributed by atoms with Crippen LogP contribution in [-0.2, 0) is 19.5 Å². The normalized spacial score (nSPS) is 14.8. The highest BCUT2D eigenvalue weighted by molar-refractivity contribution is 7.98. The van der Waals surface area contributed by atoms with E-state index in [0.29, 0.717) is 28.8 Å². The van der Waals surface area contributed by atoms with Crippen LogP contribution in [0.3, 0.4) is 0 Å². The lowest BCUT2D eigenvalue weighted by atomic mass is 10.1. The molecule has 0 spiro atoms. The third kappa shape index (κ3) is 2.99. The number of phenolic OH excluding ortho intramolecular Hbond substituents is 1. The van der Waals surface area contributed by atoms with Crippen molar-refractivity contribution < 1.29 is 5.11 Å². The Kier molecular flexibility index (Phi) is 4.42. The van der Waals surface area contributed by atoms with Gasteiger partial charge in [0.05, 0.1) is 16.3 Å². The van der Waals surface area contributed by atoms with E-state index in [4.69, 9.17) is 11.6 Å². The lowest BCUT2D eigenvalue weighted by Gasteiger charge is -2.27. The molecule has 0 bridgehead atoms. The van der Waals surface area contributed by atoms with Crippen molar-refractivity contribution in [3.8, 4) is 5.75 Å². The molecular weight excluding hydrogens is 322 g/mol. The number of H-pyrrole nitrogens is 1. The third-order valence-corrected chi connectivity index (χ3v) is 4.67. The summed E-state index contributed by atoms with van der Waals surface area (Å²) in [4.78, 5) is 21.5. The van der Waals surface area contributed by atoms with E-state index >= 15 is 0 Å². The molecule has 0 amide bonds. The molecule has 0 saturated heterocycles. The monoisotopic (exact) mass is 337 g/mol. The van der Waals surface area contributed by atoms with Crippen LogP contribution in [-0.4, -0.2) is 32.8 Å². The average molecular weight is 338 g/mol. The van der Waals surface area contributed by atoms with E-state index in [0.717, 1.165) is 24.2 Å². The molecule has 0 fully saturated rings. The number of nitrogens with zero attached hydrogens (tertiary/aromatic N) is 2. The maximum atomic E-state index is 12.2. The summed E-state index contributed by atoms with van der Waals surface area (Å²) in [6.07, 6.45) is 2.62. The van der Waals surface area contributed by atoms with Crippen molar-refractivity contribution in [2.45, 2.75) is 24.7 Å². The molecule has 3 rings (SSSR count). The molecule has 116 valence electrons. The summed E-state index contributed by atoms with van der Waals surface area (Å²) in [5, 5.41) is 11.0. The predicted molar refractivity (Wildman–Crippen MR) is 87.6 cm³/mol. The predicted octanol–water partition coefficient (Wildman–Crippen LogP) is 2.41. The van der Waals surface area contributed by atoms with Crippen LogP contribution >= 0.6 is 23.4 Å². The number of thioether (sulfide) groups is 1.